The van der Waals surface area contributed by atoms with Gasteiger partial charge in [-0.25, -0.2) is 0 Å². The van der Waals surface area contributed by atoms with Crippen molar-refractivity contribution in [3.63, 3.8) is 0 Å². The van der Waals surface area contributed by atoms with Gasteiger partial charge >= 0.3 is 0 Å². The molecule has 1 aliphatic heterocycles. The predicted molar refractivity (Wildman–Crippen MR) is 71.9 cm³/mol. The van der Waals surface area contributed by atoms with Crippen LogP contribution in [-0.4, -0.2) is 37.3 Å². The molecule has 2 unspecified atom stereocenters. The van der Waals surface area contributed by atoms with Crippen LogP contribution < -0.4 is 10.5 Å². The number of hydrogen-bond acceptors (Lipinski definition) is 4. The fraction of sp³-hybridized carbons (Fsp3) is 0.571. The molecule has 1 aliphatic rings. The van der Waals surface area contributed by atoms with Crippen molar-refractivity contribution in [3.8, 4) is 11.5 Å². The third-order valence-corrected chi connectivity index (χ3v) is 3.85. The van der Waals surface area contributed by atoms with E-state index in [4.69, 9.17) is 10.5 Å². The molecule has 0 aliphatic carbocycles. The molecule has 2 atom stereocenters. The molecule has 2 rings (SSSR count). The zero-order valence-corrected chi connectivity index (χ0v) is 11.3. The van der Waals surface area contributed by atoms with E-state index in [0.717, 1.165) is 30.8 Å². The maximum atomic E-state index is 9.64. The van der Waals surface area contributed by atoms with Gasteiger partial charge in [0.15, 0.2) is 0 Å². The van der Waals surface area contributed by atoms with Gasteiger partial charge in [0.2, 0.25) is 0 Å². The number of likely N-dealkylation sites (tertiary alicyclic amines) is 1. The number of phenols is 1. The van der Waals surface area contributed by atoms with E-state index in [-0.39, 0.29) is 5.75 Å². The minimum absolute atomic E-state index is 0.254. The maximum Gasteiger partial charge on any atom is 0.127 e. The summed E-state index contributed by atoms with van der Waals surface area (Å²) >= 11 is 0. The van der Waals surface area contributed by atoms with Crippen LogP contribution in [0.25, 0.3) is 0 Å². The Kier molecular flexibility index (Phi) is 3.78. The highest BCUT2D eigenvalue weighted by Gasteiger charge is 2.32. The quantitative estimate of drug-likeness (QED) is 0.856. The largest absolute Gasteiger partial charge is 0.508 e. The van der Waals surface area contributed by atoms with Gasteiger partial charge in [-0.05, 0) is 44.5 Å². The molecule has 0 radical (unpaired) electrons. The van der Waals surface area contributed by atoms with Crippen molar-refractivity contribution < 1.29 is 9.84 Å². The van der Waals surface area contributed by atoms with E-state index < -0.39 is 0 Å². The van der Waals surface area contributed by atoms with Crippen molar-refractivity contribution in [1.82, 2.24) is 4.90 Å². The van der Waals surface area contributed by atoms with Gasteiger partial charge < -0.3 is 15.6 Å². The molecule has 1 heterocycles. The van der Waals surface area contributed by atoms with Gasteiger partial charge in [0.1, 0.15) is 11.5 Å². The Balaban J connectivity index is 2.38. The summed E-state index contributed by atoms with van der Waals surface area (Å²) in [5.41, 5.74) is 8.02. The molecule has 1 fully saturated rings. The molecule has 0 saturated carbocycles. The molecule has 18 heavy (non-hydrogen) atoms. The van der Waals surface area contributed by atoms with Crippen LogP contribution in [0.2, 0.25) is 0 Å². The van der Waals surface area contributed by atoms with Gasteiger partial charge in [-0.15, -0.1) is 0 Å². The molecule has 4 heteroatoms. The van der Waals surface area contributed by atoms with Crippen molar-refractivity contribution in [2.45, 2.75) is 19.4 Å². The third kappa shape index (κ3) is 2.31. The van der Waals surface area contributed by atoms with E-state index in [2.05, 4.69) is 11.9 Å². The van der Waals surface area contributed by atoms with Gasteiger partial charge in [0, 0.05) is 24.2 Å². The number of aryl methyl sites for hydroxylation is 1. The number of hydrogen-bond donors (Lipinski definition) is 2. The molecule has 4 nitrogen and oxygen atoms in total. The van der Waals surface area contributed by atoms with Crippen molar-refractivity contribution in [3.05, 3.63) is 23.3 Å². The lowest BCUT2D eigenvalue weighted by atomic mass is 9.95. The highest BCUT2D eigenvalue weighted by atomic mass is 16.5. The molecular weight excluding hydrogens is 228 g/mol. The Bertz CT molecular complexity index is 434. The number of methoxy groups -OCH3 is 1. The Morgan fingerprint density at radius 3 is 2.78 bits per heavy atom. The number of benzene rings is 1. The van der Waals surface area contributed by atoms with Crippen LogP contribution in [0.5, 0.6) is 11.5 Å². The zero-order valence-electron chi connectivity index (χ0n) is 11.3. The third-order valence-electron chi connectivity index (χ3n) is 3.85. The summed E-state index contributed by atoms with van der Waals surface area (Å²) in [4.78, 5) is 2.32. The molecule has 3 N–H and O–H groups in total. The zero-order chi connectivity index (χ0) is 13.3. The Morgan fingerprint density at radius 1 is 1.50 bits per heavy atom. The van der Waals surface area contributed by atoms with E-state index in [1.54, 1.807) is 19.2 Å². The number of aromatic hydroxyl groups is 1. The second-order valence-electron chi connectivity index (χ2n) is 5.17. The van der Waals surface area contributed by atoms with E-state index >= 15 is 0 Å². The van der Waals surface area contributed by atoms with Gasteiger partial charge in [-0.3, -0.25) is 4.90 Å². The van der Waals surface area contributed by atoms with Crippen molar-refractivity contribution in [2.24, 2.45) is 11.7 Å². The first-order valence-electron chi connectivity index (χ1n) is 6.34. The van der Waals surface area contributed by atoms with Crippen LogP contribution in [-0.2, 0) is 0 Å². The fourth-order valence-electron chi connectivity index (χ4n) is 2.96. The van der Waals surface area contributed by atoms with Gasteiger partial charge in [0.25, 0.3) is 0 Å². The standard InChI is InChI=1S/C14H22N2O2/c1-9-4-11(17)6-13(18-3)14(9)12-5-10(7-15)8-16(12)2/h4,6,10,12,17H,5,7-8,15H2,1-3H3. The summed E-state index contributed by atoms with van der Waals surface area (Å²) in [5, 5.41) is 9.64. The van der Waals surface area contributed by atoms with Crippen LogP contribution in [0.3, 0.4) is 0 Å². The first-order valence-corrected chi connectivity index (χ1v) is 6.34. The lowest BCUT2D eigenvalue weighted by molar-refractivity contribution is 0.301. The lowest BCUT2D eigenvalue weighted by Gasteiger charge is -2.24. The Labute approximate surface area is 108 Å². The van der Waals surface area contributed by atoms with Crippen LogP contribution >= 0.6 is 0 Å². The van der Waals surface area contributed by atoms with E-state index in [0.29, 0.717) is 12.0 Å². The van der Waals surface area contributed by atoms with Crippen LogP contribution in [0, 0.1) is 12.8 Å². The van der Waals surface area contributed by atoms with Gasteiger partial charge in [0.05, 0.1) is 7.11 Å². The van der Waals surface area contributed by atoms with Crippen LogP contribution in [0.4, 0.5) is 0 Å². The number of nitrogens with zero attached hydrogens (tertiary/aromatic N) is 1. The van der Waals surface area contributed by atoms with Crippen molar-refractivity contribution in [1.29, 1.82) is 0 Å². The molecule has 100 valence electrons. The van der Waals surface area contributed by atoms with E-state index in [1.165, 1.54) is 5.56 Å². The first-order chi connectivity index (χ1) is 8.56. The monoisotopic (exact) mass is 250 g/mol. The van der Waals surface area contributed by atoms with Crippen LogP contribution in [0.15, 0.2) is 12.1 Å². The second-order valence-corrected chi connectivity index (χ2v) is 5.17. The SMILES string of the molecule is COc1cc(O)cc(C)c1C1CC(CN)CN1C. The molecule has 0 spiro atoms. The molecular formula is C14H22N2O2. The second kappa shape index (κ2) is 5.16. The highest BCUT2D eigenvalue weighted by molar-refractivity contribution is 5.47. The average molecular weight is 250 g/mol. The van der Waals surface area contributed by atoms with Gasteiger partial charge in [-0.2, -0.15) is 0 Å². The number of phenolic OH excluding ortho intramolecular Hbond substituents is 1. The number of nitrogens with two attached hydrogens (primary N) is 1. The fourth-order valence-corrected chi connectivity index (χ4v) is 2.96. The first kappa shape index (κ1) is 13.2. The van der Waals surface area contributed by atoms with Crippen molar-refractivity contribution >= 4 is 0 Å². The summed E-state index contributed by atoms with van der Waals surface area (Å²) in [5.74, 6) is 1.56. The highest BCUT2D eigenvalue weighted by Crippen LogP contribution is 2.41. The minimum atomic E-state index is 0.254. The van der Waals surface area contributed by atoms with E-state index in [9.17, 15) is 5.11 Å². The molecule has 0 aromatic heterocycles. The maximum absolute atomic E-state index is 9.64. The predicted octanol–water partition coefficient (Wildman–Crippen LogP) is 1.66. The normalized spacial score (nSPS) is 24.4. The number of ether oxygens (including phenoxy) is 1. The van der Waals surface area contributed by atoms with Gasteiger partial charge in [-0.1, -0.05) is 0 Å². The topological polar surface area (TPSA) is 58.7 Å². The van der Waals surface area contributed by atoms with Crippen molar-refractivity contribution in [2.75, 3.05) is 27.2 Å². The number of rotatable bonds is 3. The lowest BCUT2D eigenvalue weighted by Crippen LogP contribution is -2.21. The molecule has 1 saturated heterocycles. The summed E-state index contributed by atoms with van der Waals surface area (Å²) in [6.45, 7) is 3.76. The smallest absolute Gasteiger partial charge is 0.127 e. The van der Waals surface area contributed by atoms with E-state index in [1.807, 2.05) is 6.92 Å². The molecule has 1 aromatic carbocycles. The Morgan fingerprint density at radius 2 is 2.22 bits per heavy atom. The minimum Gasteiger partial charge on any atom is -0.508 e. The Hall–Kier alpha value is -1.26. The summed E-state index contributed by atoms with van der Waals surface area (Å²) in [6.07, 6.45) is 1.05. The average Bonchev–Trinajstić information content (AvgIpc) is 2.69. The summed E-state index contributed by atoms with van der Waals surface area (Å²) in [6, 6.07) is 3.81. The summed E-state index contributed by atoms with van der Waals surface area (Å²) in [7, 11) is 3.76. The van der Waals surface area contributed by atoms with Crippen LogP contribution in [0.1, 0.15) is 23.6 Å². The summed E-state index contributed by atoms with van der Waals surface area (Å²) < 4.78 is 5.42. The molecule has 0 bridgehead atoms. The molecule has 1 aromatic rings. The molecule has 0 amide bonds.